The minimum Gasteiger partial charge on any atom is -0.462 e. The normalized spacial score (nSPS) is 39.6. The van der Waals surface area contributed by atoms with Crippen LogP contribution in [-0.2, 0) is 9.53 Å². The first-order valence-electron chi connectivity index (χ1n) is 15.4. The van der Waals surface area contributed by atoms with E-state index in [1.54, 1.807) is 5.57 Å². The quantitative estimate of drug-likeness (QED) is 0.241. The largest absolute Gasteiger partial charge is 0.462 e. The molecule has 2 nitrogen and oxygen atoms in total. The van der Waals surface area contributed by atoms with Crippen molar-refractivity contribution in [1.29, 1.82) is 0 Å². The number of rotatable bonds is 9. The molecule has 0 saturated heterocycles. The van der Waals surface area contributed by atoms with Gasteiger partial charge in [-0.1, -0.05) is 79.4 Å². The van der Waals surface area contributed by atoms with Crippen molar-refractivity contribution >= 4 is 5.97 Å². The van der Waals surface area contributed by atoms with Crippen molar-refractivity contribution in [3.8, 4) is 0 Å². The van der Waals surface area contributed by atoms with Gasteiger partial charge in [0, 0.05) is 12.8 Å². The molecule has 0 N–H and O–H groups in total. The molecule has 200 valence electrons. The van der Waals surface area contributed by atoms with Crippen molar-refractivity contribution in [3.63, 3.8) is 0 Å². The van der Waals surface area contributed by atoms with Crippen LogP contribution >= 0.6 is 0 Å². The molecule has 0 spiro atoms. The highest BCUT2D eigenvalue weighted by molar-refractivity contribution is 5.69. The fourth-order valence-electron chi connectivity index (χ4n) is 9.40. The molecule has 4 rings (SSSR count). The summed E-state index contributed by atoms with van der Waals surface area (Å²) in [5, 5.41) is 0. The Morgan fingerprint density at radius 1 is 0.943 bits per heavy atom. The highest BCUT2D eigenvalue weighted by atomic mass is 16.5. The van der Waals surface area contributed by atoms with Crippen LogP contribution in [0.3, 0.4) is 0 Å². The molecule has 0 bridgehead atoms. The third-order valence-electron chi connectivity index (χ3n) is 11.5. The number of fused-ring (bicyclic) bond motifs is 5. The smallest absolute Gasteiger partial charge is 0.306 e. The van der Waals surface area contributed by atoms with Gasteiger partial charge in [-0.05, 0) is 104 Å². The third kappa shape index (κ3) is 5.57. The Morgan fingerprint density at radius 3 is 2.40 bits per heavy atom. The lowest BCUT2D eigenvalue weighted by Gasteiger charge is -2.58. The molecule has 0 amide bonds. The molecular formula is C33H56O2. The number of carbonyl (C=O) groups excluding carboxylic acids is 1. The molecule has 8 atom stereocenters. The second-order valence-electron chi connectivity index (χ2n) is 14.6. The first-order valence-corrected chi connectivity index (χ1v) is 15.4. The van der Waals surface area contributed by atoms with Gasteiger partial charge in [-0.25, -0.2) is 0 Å². The predicted octanol–water partition coefficient (Wildman–Crippen LogP) is 9.38. The number of allylic oxidation sites excluding steroid dienone is 1. The summed E-state index contributed by atoms with van der Waals surface area (Å²) in [5.41, 5.74) is 2.53. The summed E-state index contributed by atoms with van der Waals surface area (Å²) in [6.45, 7) is 16.9. The maximum absolute atomic E-state index is 12.4. The summed E-state index contributed by atoms with van der Waals surface area (Å²) in [5.74, 6) is 5.87. The monoisotopic (exact) mass is 484 g/mol. The first kappa shape index (κ1) is 27.3. The van der Waals surface area contributed by atoms with E-state index in [4.69, 9.17) is 4.74 Å². The van der Waals surface area contributed by atoms with Crippen LogP contribution in [0.1, 0.15) is 132 Å². The van der Waals surface area contributed by atoms with Gasteiger partial charge in [0.15, 0.2) is 0 Å². The molecule has 3 saturated carbocycles. The van der Waals surface area contributed by atoms with E-state index in [0.717, 1.165) is 54.8 Å². The summed E-state index contributed by atoms with van der Waals surface area (Å²) in [6, 6.07) is 0. The van der Waals surface area contributed by atoms with Crippen LogP contribution in [0.2, 0.25) is 0 Å². The van der Waals surface area contributed by atoms with E-state index in [2.05, 4.69) is 54.5 Å². The lowest BCUT2D eigenvalue weighted by Crippen LogP contribution is -2.51. The van der Waals surface area contributed by atoms with Crippen LogP contribution in [0, 0.1) is 52.3 Å². The van der Waals surface area contributed by atoms with Crippen molar-refractivity contribution in [2.45, 2.75) is 138 Å². The van der Waals surface area contributed by atoms with Gasteiger partial charge in [0.2, 0.25) is 0 Å². The number of hydrogen-bond donors (Lipinski definition) is 0. The summed E-state index contributed by atoms with van der Waals surface area (Å²) in [7, 11) is 0. The number of esters is 1. The molecule has 0 heterocycles. The van der Waals surface area contributed by atoms with E-state index in [0.29, 0.717) is 23.2 Å². The topological polar surface area (TPSA) is 26.3 Å². The zero-order chi connectivity index (χ0) is 25.4. The molecule has 0 aromatic carbocycles. The van der Waals surface area contributed by atoms with Gasteiger partial charge in [-0.2, -0.15) is 0 Å². The molecule has 2 heteroatoms. The van der Waals surface area contributed by atoms with E-state index < -0.39 is 0 Å². The zero-order valence-corrected chi connectivity index (χ0v) is 24.2. The molecule has 4 aliphatic carbocycles. The summed E-state index contributed by atoms with van der Waals surface area (Å²) in [6.07, 6.45) is 18.8. The molecule has 0 unspecified atom stereocenters. The van der Waals surface area contributed by atoms with Crippen molar-refractivity contribution in [3.05, 3.63) is 11.6 Å². The third-order valence-corrected chi connectivity index (χ3v) is 11.5. The van der Waals surface area contributed by atoms with Gasteiger partial charge < -0.3 is 4.74 Å². The Bertz CT molecular complexity index is 765. The highest BCUT2D eigenvalue weighted by Gasteiger charge is 2.59. The van der Waals surface area contributed by atoms with Crippen LogP contribution < -0.4 is 0 Å². The van der Waals surface area contributed by atoms with Gasteiger partial charge >= 0.3 is 5.97 Å². The van der Waals surface area contributed by atoms with Gasteiger partial charge in [0.25, 0.3) is 0 Å². The van der Waals surface area contributed by atoms with Crippen LogP contribution in [0.15, 0.2) is 11.6 Å². The minimum absolute atomic E-state index is 0.0227. The van der Waals surface area contributed by atoms with Gasteiger partial charge in [-0.15, -0.1) is 0 Å². The van der Waals surface area contributed by atoms with E-state index in [9.17, 15) is 4.79 Å². The lowest BCUT2D eigenvalue weighted by molar-refractivity contribution is -0.151. The van der Waals surface area contributed by atoms with Crippen molar-refractivity contribution < 1.29 is 9.53 Å². The molecule has 4 aliphatic rings. The number of carbonyl (C=O) groups is 1. The minimum atomic E-state index is 0.0227. The van der Waals surface area contributed by atoms with Gasteiger partial charge in [0.05, 0.1) is 0 Å². The molecule has 0 aromatic heterocycles. The molecule has 3 fully saturated rings. The maximum Gasteiger partial charge on any atom is 0.306 e. The summed E-state index contributed by atoms with van der Waals surface area (Å²) >= 11 is 0. The van der Waals surface area contributed by atoms with Crippen molar-refractivity contribution in [1.82, 2.24) is 0 Å². The Kier molecular flexibility index (Phi) is 8.49. The zero-order valence-electron chi connectivity index (χ0n) is 24.2. The SMILES string of the molecule is CC(C)CCC[C@H](C)[C@H]1CC[C@H]2[C@@H]3CC=C4C[C@@H](OC(=O)CCC(C)C)CC[C@]4(C)[C@H]3CC[C@]12C. The number of hydrogen-bond acceptors (Lipinski definition) is 2. The van der Waals surface area contributed by atoms with Crippen LogP contribution in [-0.4, -0.2) is 12.1 Å². The van der Waals surface area contributed by atoms with Gasteiger partial charge in [-0.3, -0.25) is 4.79 Å². The van der Waals surface area contributed by atoms with Crippen molar-refractivity contribution in [2.75, 3.05) is 0 Å². The van der Waals surface area contributed by atoms with Crippen LogP contribution in [0.25, 0.3) is 0 Å². The Balaban J connectivity index is 1.40. The Hall–Kier alpha value is -0.790. The average molecular weight is 485 g/mol. The Labute approximate surface area is 217 Å². The van der Waals surface area contributed by atoms with E-state index in [1.807, 2.05) is 0 Å². The molecule has 0 aromatic rings. The maximum atomic E-state index is 12.4. The molecule has 0 aliphatic heterocycles. The van der Waals surface area contributed by atoms with Crippen LogP contribution in [0.4, 0.5) is 0 Å². The van der Waals surface area contributed by atoms with E-state index >= 15 is 0 Å². The first-order chi connectivity index (χ1) is 16.5. The van der Waals surface area contributed by atoms with E-state index in [1.165, 1.54) is 57.8 Å². The second-order valence-corrected chi connectivity index (χ2v) is 14.6. The van der Waals surface area contributed by atoms with Gasteiger partial charge in [0.1, 0.15) is 6.10 Å². The fraction of sp³-hybridized carbons (Fsp3) is 0.909. The van der Waals surface area contributed by atoms with Crippen LogP contribution in [0.5, 0.6) is 0 Å². The van der Waals surface area contributed by atoms with E-state index in [-0.39, 0.29) is 12.1 Å². The number of ether oxygens (including phenoxy) is 1. The average Bonchev–Trinajstić information content (AvgIpc) is 3.15. The summed E-state index contributed by atoms with van der Waals surface area (Å²) < 4.78 is 5.96. The predicted molar refractivity (Wildman–Crippen MR) is 147 cm³/mol. The summed E-state index contributed by atoms with van der Waals surface area (Å²) in [4.78, 5) is 12.4. The fourth-order valence-corrected chi connectivity index (χ4v) is 9.40. The molecule has 35 heavy (non-hydrogen) atoms. The standard InChI is InChI=1S/C33H56O2/c1-22(2)9-8-10-24(5)28-14-15-29-27-13-12-25-21-26(35-31(34)16-11-23(3)4)17-19-32(25,6)30(27)18-20-33(28,29)7/h12,22-24,26-30H,8-11,13-21H2,1-7H3/t24-,26-,27-,28+,29-,30-,32-,33+/m0/s1. The Morgan fingerprint density at radius 2 is 1.69 bits per heavy atom. The molecule has 0 radical (unpaired) electrons. The lowest BCUT2D eigenvalue weighted by atomic mass is 9.47. The second kappa shape index (κ2) is 10.9. The molecular weight excluding hydrogens is 428 g/mol. The van der Waals surface area contributed by atoms with Crippen molar-refractivity contribution in [2.24, 2.45) is 52.3 Å². The highest BCUT2D eigenvalue weighted by Crippen LogP contribution is 2.67.